The van der Waals surface area contributed by atoms with Crippen molar-refractivity contribution in [1.29, 1.82) is 0 Å². The Bertz CT molecular complexity index is 304. The minimum absolute atomic E-state index is 0.0489. The second-order valence-corrected chi connectivity index (χ2v) is 4.00. The summed E-state index contributed by atoms with van der Waals surface area (Å²) in [6, 6.07) is -0.581. The Morgan fingerprint density at radius 3 is 2.71 bits per heavy atom. The third kappa shape index (κ3) is 2.02. The summed E-state index contributed by atoms with van der Waals surface area (Å²) in [4.78, 5) is 23.6. The van der Waals surface area contributed by atoms with Gasteiger partial charge in [-0.2, -0.15) is 4.67 Å². The first-order chi connectivity index (χ1) is 6.57. The van der Waals surface area contributed by atoms with E-state index >= 15 is 0 Å². The van der Waals surface area contributed by atoms with Crippen molar-refractivity contribution >= 4 is 20.1 Å². The smallest absolute Gasteiger partial charge is 0.318 e. The SMILES string of the molecule is C=CCO[PH](=O)N1C(=O)CN(C)C1=O. The quantitative estimate of drug-likeness (QED) is 0.391. The Morgan fingerprint density at radius 2 is 2.29 bits per heavy atom. The summed E-state index contributed by atoms with van der Waals surface area (Å²) < 4.78 is 16.8. The van der Waals surface area contributed by atoms with Crippen LogP contribution in [0.5, 0.6) is 0 Å². The fraction of sp³-hybridized carbons (Fsp3) is 0.429. The summed E-state index contributed by atoms with van der Waals surface area (Å²) in [7, 11) is -1.33. The molecule has 14 heavy (non-hydrogen) atoms. The maximum absolute atomic E-state index is 11.3. The molecule has 1 aliphatic heterocycles. The molecule has 0 aliphatic carbocycles. The van der Waals surface area contributed by atoms with Crippen LogP contribution in [0.3, 0.4) is 0 Å². The molecule has 1 unspecified atom stereocenters. The van der Waals surface area contributed by atoms with E-state index in [4.69, 9.17) is 4.52 Å². The monoisotopic (exact) mass is 218 g/mol. The number of rotatable bonds is 4. The molecule has 0 N–H and O–H groups in total. The molecule has 3 amide bonds. The second-order valence-electron chi connectivity index (χ2n) is 2.73. The van der Waals surface area contributed by atoms with Gasteiger partial charge >= 0.3 is 6.03 Å². The predicted octanol–water partition coefficient (Wildman–Crippen LogP) is 0.473. The topological polar surface area (TPSA) is 66.9 Å². The maximum atomic E-state index is 11.3. The molecule has 1 saturated heterocycles. The van der Waals surface area contributed by atoms with Gasteiger partial charge in [0.1, 0.15) is 6.54 Å². The van der Waals surface area contributed by atoms with Crippen LogP contribution in [-0.2, 0) is 13.9 Å². The van der Waals surface area contributed by atoms with Gasteiger partial charge in [-0.15, -0.1) is 6.58 Å². The van der Waals surface area contributed by atoms with Gasteiger partial charge in [-0.3, -0.25) is 9.36 Å². The van der Waals surface area contributed by atoms with Crippen LogP contribution >= 0.6 is 8.18 Å². The predicted molar refractivity (Wildman–Crippen MR) is 50.0 cm³/mol. The number of hydrogen-bond donors (Lipinski definition) is 0. The number of imide groups is 1. The van der Waals surface area contributed by atoms with Crippen LogP contribution in [0.2, 0.25) is 0 Å². The molecule has 78 valence electrons. The van der Waals surface area contributed by atoms with Crippen molar-refractivity contribution in [3.8, 4) is 0 Å². The second kappa shape index (κ2) is 4.39. The Morgan fingerprint density at radius 1 is 1.64 bits per heavy atom. The minimum atomic E-state index is -2.79. The van der Waals surface area contributed by atoms with Gasteiger partial charge in [-0.25, -0.2) is 4.79 Å². The normalized spacial score (nSPS) is 18.9. The van der Waals surface area contributed by atoms with E-state index in [0.29, 0.717) is 4.67 Å². The molecule has 6 nitrogen and oxygen atoms in total. The van der Waals surface area contributed by atoms with Crippen molar-refractivity contribution in [2.24, 2.45) is 0 Å². The lowest BCUT2D eigenvalue weighted by Crippen LogP contribution is -2.25. The van der Waals surface area contributed by atoms with E-state index in [9.17, 15) is 14.2 Å². The summed E-state index contributed by atoms with van der Waals surface area (Å²) >= 11 is 0. The molecular formula is C7H11N2O4P. The highest BCUT2D eigenvalue weighted by molar-refractivity contribution is 7.38. The number of nitrogens with zero attached hydrogens (tertiary/aromatic N) is 2. The van der Waals surface area contributed by atoms with Gasteiger partial charge in [0.25, 0.3) is 14.1 Å². The molecule has 0 spiro atoms. The Hall–Kier alpha value is -1.13. The molecule has 1 atom stereocenters. The largest absolute Gasteiger partial charge is 0.334 e. The molecular weight excluding hydrogens is 207 g/mol. The van der Waals surface area contributed by atoms with Crippen LogP contribution in [0.1, 0.15) is 0 Å². The van der Waals surface area contributed by atoms with E-state index in [1.54, 1.807) is 0 Å². The lowest BCUT2D eigenvalue weighted by molar-refractivity contribution is -0.122. The van der Waals surface area contributed by atoms with E-state index in [1.165, 1.54) is 18.0 Å². The van der Waals surface area contributed by atoms with Crippen LogP contribution in [0, 0.1) is 0 Å². The Kier molecular flexibility index (Phi) is 3.43. The highest BCUT2D eigenvalue weighted by atomic mass is 31.1. The fourth-order valence-electron chi connectivity index (χ4n) is 0.993. The fourth-order valence-corrected chi connectivity index (χ4v) is 1.98. The van der Waals surface area contributed by atoms with E-state index in [0.717, 1.165) is 0 Å². The third-order valence-corrected chi connectivity index (χ3v) is 2.87. The molecule has 0 aromatic heterocycles. The molecule has 0 aromatic carbocycles. The van der Waals surface area contributed by atoms with Gasteiger partial charge in [0.15, 0.2) is 0 Å². The zero-order valence-electron chi connectivity index (χ0n) is 7.73. The molecule has 0 bridgehead atoms. The van der Waals surface area contributed by atoms with Crippen molar-refractivity contribution in [1.82, 2.24) is 9.57 Å². The highest BCUT2D eigenvalue weighted by Gasteiger charge is 2.37. The first kappa shape index (κ1) is 10.9. The number of carbonyl (C=O) groups is 2. The average Bonchev–Trinajstić information content (AvgIpc) is 2.38. The summed E-state index contributed by atoms with van der Waals surface area (Å²) in [5, 5.41) is 0. The van der Waals surface area contributed by atoms with Crippen LogP contribution in [0.4, 0.5) is 4.79 Å². The van der Waals surface area contributed by atoms with Crippen molar-refractivity contribution in [2.45, 2.75) is 0 Å². The van der Waals surface area contributed by atoms with Crippen molar-refractivity contribution in [3.63, 3.8) is 0 Å². The van der Waals surface area contributed by atoms with Crippen LogP contribution in [0.25, 0.3) is 0 Å². The van der Waals surface area contributed by atoms with E-state index in [-0.39, 0.29) is 13.2 Å². The minimum Gasteiger partial charge on any atom is -0.318 e. The summed E-state index contributed by atoms with van der Waals surface area (Å²) in [5.74, 6) is -0.495. The van der Waals surface area contributed by atoms with Crippen LogP contribution < -0.4 is 0 Å². The number of urea groups is 1. The maximum Gasteiger partial charge on any atom is 0.334 e. The summed E-state index contributed by atoms with van der Waals surface area (Å²) in [5.41, 5.74) is 0. The zero-order chi connectivity index (χ0) is 10.7. The van der Waals surface area contributed by atoms with Crippen molar-refractivity contribution < 1.29 is 18.7 Å². The summed E-state index contributed by atoms with van der Waals surface area (Å²) in [6.07, 6.45) is 1.40. The highest BCUT2D eigenvalue weighted by Crippen LogP contribution is 2.32. The lowest BCUT2D eigenvalue weighted by Gasteiger charge is -2.12. The van der Waals surface area contributed by atoms with Crippen LogP contribution in [0.15, 0.2) is 12.7 Å². The molecule has 0 radical (unpaired) electrons. The molecule has 1 fully saturated rings. The third-order valence-electron chi connectivity index (χ3n) is 1.65. The number of carbonyl (C=O) groups excluding carboxylic acids is 2. The first-order valence-corrected chi connectivity index (χ1v) is 5.20. The van der Waals surface area contributed by atoms with Gasteiger partial charge in [0.2, 0.25) is 0 Å². The van der Waals surface area contributed by atoms with E-state index in [1.807, 2.05) is 0 Å². The van der Waals surface area contributed by atoms with Gasteiger partial charge in [-0.1, -0.05) is 6.08 Å². The number of amides is 3. The molecule has 7 heteroatoms. The molecule has 1 aliphatic rings. The Balaban J connectivity index is 2.67. The van der Waals surface area contributed by atoms with Gasteiger partial charge in [0, 0.05) is 7.05 Å². The van der Waals surface area contributed by atoms with Crippen LogP contribution in [-0.4, -0.2) is 41.7 Å². The first-order valence-electron chi connectivity index (χ1n) is 3.93. The van der Waals surface area contributed by atoms with Crippen molar-refractivity contribution in [2.75, 3.05) is 20.2 Å². The molecule has 1 rings (SSSR count). The lowest BCUT2D eigenvalue weighted by atomic mass is 10.6. The van der Waals surface area contributed by atoms with E-state index in [2.05, 4.69) is 6.58 Å². The summed E-state index contributed by atoms with van der Waals surface area (Å²) in [6.45, 7) is 3.37. The van der Waals surface area contributed by atoms with E-state index < -0.39 is 20.1 Å². The molecule has 1 heterocycles. The van der Waals surface area contributed by atoms with Crippen molar-refractivity contribution in [3.05, 3.63) is 12.7 Å². The average molecular weight is 218 g/mol. The molecule has 0 aromatic rings. The number of likely N-dealkylation sites (N-methyl/N-ethyl adjacent to an activating group) is 1. The zero-order valence-corrected chi connectivity index (χ0v) is 8.73. The standard InChI is InChI=1S/C7H11N2O4P/c1-3-4-13-14(12)9-6(10)5-8(2)7(9)11/h3,14H,1,4-5H2,2H3. The van der Waals surface area contributed by atoms with Gasteiger partial charge in [0.05, 0.1) is 6.61 Å². The Labute approximate surface area is 82.0 Å². The number of hydrogen-bond acceptors (Lipinski definition) is 4. The van der Waals surface area contributed by atoms with Gasteiger partial charge < -0.3 is 9.42 Å². The van der Waals surface area contributed by atoms with Gasteiger partial charge in [-0.05, 0) is 0 Å². The molecule has 0 saturated carbocycles.